The minimum Gasteiger partial charge on any atom is -0.444 e. The second-order valence-electron chi connectivity index (χ2n) is 10.9. The molecule has 1 aromatic rings. The Balaban J connectivity index is 1.90. The molecule has 1 spiro atoms. The van der Waals surface area contributed by atoms with Crippen LogP contribution in [0, 0.1) is 11.2 Å². The average Bonchev–Trinajstić information content (AvgIpc) is 3.42. The molecule has 4 rings (SSSR count). The van der Waals surface area contributed by atoms with E-state index in [2.05, 4.69) is 10.3 Å². The molecule has 1 fully saturated rings. The molecule has 10 heteroatoms. The third-order valence-corrected chi connectivity index (χ3v) is 10.4. The Morgan fingerprint density at radius 1 is 1.28 bits per heavy atom. The molecule has 3 heterocycles. The molecule has 3 N–H and O–H groups in total. The number of halogens is 1. The van der Waals surface area contributed by atoms with E-state index >= 15 is 4.39 Å². The van der Waals surface area contributed by atoms with E-state index in [0.29, 0.717) is 13.0 Å². The molecule has 1 amide bonds. The first-order valence-corrected chi connectivity index (χ1v) is 12.4. The zero-order valence-corrected chi connectivity index (χ0v) is 20.3. The lowest BCUT2D eigenvalue weighted by Crippen LogP contribution is -2.63. The summed E-state index contributed by atoms with van der Waals surface area (Å²) in [6.07, 6.45) is 1.88. The van der Waals surface area contributed by atoms with Crippen molar-refractivity contribution in [2.45, 2.75) is 81.9 Å². The highest BCUT2D eigenvalue weighted by atomic mass is 32.2. The van der Waals surface area contributed by atoms with Crippen LogP contribution in [0.25, 0.3) is 0 Å². The van der Waals surface area contributed by atoms with Gasteiger partial charge in [0.25, 0.3) is 0 Å². The van der Waals surface area contributed by atoms with Crippen LogP contribution < -0.4 is 11.1 Å². The second-order valence-corrected chi connectivity index (χ2v) is 13.8. The highest BCUT2D eigenvalue weighted by Crippen LogP contribution is 2.58. The van der Waals surface area contributed by atoms with Gasteiger partial charge < -0.3 is 10.5 Å². The number of carbonyl (C=O) groups is 1. The quantitative estimate of drug-likeness (QED) is 0.655. The smallest absolute Gasteiger partial charge is 0.413 e. The largest absolute Gasteiger partial charge is 0.444 e. The van der Waals surface area contributed by atoms with E-state index in [0.717, 1.165) is 12.8 Å². The fraction of sp³-hybridized carbons (Fsp3) is 0.682. The molecule has 2 aliphatic heterocycles. The minimum atomic E-state index is -2.99. The zero-order valence-electron chi connectivity index (χ0n) is 19.5. The summed E-state index contributed by atoms with van der Waals surface area (Å²) in [4.78, 5) is 21.7. The standard InChI is InChI=1S/C22H32FN5O3S/c1-19(2,3)31-18(29)27-17-20(4,5)32(30)14(11-22(9-10-22)12-25-32)21(6,28-17)16-13(23)7-8-15(24)26-16/h7-8,14H,9-12H2,1-6H3,(H2,24,26)(H,27,28,29)/t14-,21+,32-/m1/s1. The number of nitrogen functional groups attached to an aromatic ring is 1. The molecule has 1 aromatic heterocycles. The normalized spacial score (nSPS) is 32.3. The van der Waals surface area contributed by atoms with E-state index in [1.807, 2.05) is 0 Å². The van der Waals surface area contributed by atoms with E-state index in [9.17, 15) is 9.00 Å². The van der Waals surface area contributed by atoms with Gasteiger partial charge in [-0.2, -0.15) is 0 Å². The number of anilines is 1. The number of carbonyl (C=O) groups excluding carboxylic acids is 1. The fourth-order valence-electron chi connectivity index (χ4n) is 4.63. The molecule has 0 aromatic carbocycles. The Bertz CT molecular complexity index is 1130. The van der Waals surface area contributed by atoms with Gasteiger partial charge in [-0.3, -0.25) is 10.3 Å². The maximum absolute atomic E-state index is 15.1. The van der Waals surface area contributed by atoms with E-state index < -0.39 is 42.8 Å². The first-order valence-electron chi connectivity index (χ1n) is 10.9. The molecule has 3 atom stereocenters. The van der Waals surface area contributed by atoms with Crippen LogP contribution in [0.5, 0.6) is 0 Å². The van der Waals surface area contributed by atoms with E-state index in [1.54, 1.807) is 41.5 Å². The SMILES string of the molecule is CC(C)(C)OC(=O)NC1=N[C@](C)(c2nc(N)ccc2F)[C@H]2CC3(CC3)CN=[S@]2(=O)C1(C)C. The number of ether oxygens (including phenoxy) is 1. The predicted octanol–water partition coefficient (Wildman–Crippen LogP) is 3.75. The van der Waals surface area contributed by atoms with Gasteiger partial charge in [0.2, 0.25) is 0 Å². The van der Waals surface area contributed by atoms with Crippen LogP contribution in [0.2, 0.25) is 0 Å². The minimum absolute atomic E-state index is 0.00860. The maximum Gasteiger partial charge on any atom is 0.413 e. The lowest BCUT2D eigenvalue weighted by Gasteiger charge is -2.49. The summed E-state index contributed by atoms with van der Waals surface area (Å²) in [5.74, 6) is -0.293. The van der Waals surface area contributed by atoms with Crippen molar-refractivity contribution in [3.05, 3.63) is 23.6 Å². The summed E-state index contributed by atoms with van der Waals surface area (Å²) < 4.78 is 38.7. The van der Waals surface area contributed by atoms with Crippen LogP contribution in [-0.4, -0.2) is 43.3 Å². The summed E-state index contributed by atoms with van der Waals surface area (Å²) in [5, 5.41) is 2.11. The lowest BCUT2D eigenvalue weighted by atomic mass is 9.85. The number of aromatic nitrogens is 1. The molecule has 1 saturated carbocycles. The van der Waals surface area contributed by atoms with Crippen LogP contribution in [0.15, 0.2) is 21.5 Å². The number of aliphatic imine (C=N–C) groups is 1. The third kappa shape index (κ3) is 3.56. The highest BCUT2D eigenvalue weighted by Gasteiger charge is 2.62. The number of nitrogens with one attached hydrogen (secondary N) is 1. The first-order chi connectivity index (χ1) is 14.6. The van der Waals surface area contributed by atoms with Gasteiger partial charge in [-0.15, -0.1) is 0 Å². The highest BCUT2D eigenvalue weighted by molar-refractivity contribution is 7.96. The van der Waals surface area contributed by atoms with Gasteiger partial charge in [-0.25, -0.2) is 22.7 Å². The van der Waals surface area contributed by atoms with Gasteiger partial charge in [0, 0.05) is 0 Å². The van der Waals surface area contributed by atoms with Gasteiger partial charge in [-0.05, 0) is 78.4 Å². The summed E-state index contributed by atoms with van der Waals surface area (Å²) in [6, 6.07) is 2.62. The van der Waals surface area contributed by atoms with Gasteiger partial charge in [0.15, 0.2) is 0 Å². The van der Waals surface area contributed by atoms with Crippen LogP contribution in [0.4, 0.5) is 15.0 Å². The molecule has 0 saturated heterocycles. The molecule has 0 bridgehead atoms. The maximum atomic E-state index is 15.1. The molecular formula is C22H32FN5O3S. The summed E-state index contributed by atoms with van der Waals surface area (Å²) in [7, 11) is -2.99. The average molecular weight is 466 g/mol. The molecule has 8 nitrogen and oxygen atoms in total. The van der Waals surface area contributed by atoms with Crippen molar-refractivity contribution in [1.82, 2.24) is 10.3 Å². The molecule has 3 aliphatic rings. The first kappa shape index (κ1) is 22.9. The number of pyridine rings is 1. The van der Waals surface area contributed by atoms with Crippen molar-refractivity contribution in [1.29, 1.82) is 0 Å². The monoisotopic (exact) mass is 465 g/mol. The lowest BCUT2D eigenvalue weighted by molar-refractivity contribution is 0.0560. The van der Waals surface area contributed by atoms with Gasteiger partial charge in [0.1, 0.15) is 39.1 Å². The fourth-order valence-corrected chi connectivity index (χ4v) is 8.05. The van der Waals surface area contributed by atoms with E-state index in [-0.39, 0.29) is 22.8 Å². The Hall–Kier alpha value is -2.23. The van der Waals surface area contributed by atoms with Crippen LogP contribution >= 0.6 is 0 Å². The number of amidine groups is 1. The molecule has 0 unspecified atom stereocenters. The summed E-state index contributed by atoms with van der Waals surface area (Å²) in [5.41, 5.74) is 3.84. The van der Waals surface area contributed by atoms with Crippen LogP contribution in [-0.2, 0) is 20.0 Å². The van der Waals surface area contributed by atoms with Crippen molar-refractivity contribution < 1.29 is 18.1 Å². The van der Waals surface area contributed by atoms with Crippen LogP contribution in [0.1, 0.15) is 66.5 Å². The Morgan fingerprint density at radius 3 is 2.53 bits per heavy atom. The van der Waals surface area contributed by atoms with Crippen molar-refractivity contribution >= 4 is 27.5 Å². The van der Waals surface area contributed by atoms with Crippen molar-refractivity contribution in [2.75, 3.05) is 12.3 Å². The van der Waals surface area contributed by atoms with Crippen molar-refractivity contribution in [3.63, 3.8) is 0 Å². The topological polar surface area (TPSA) is 119 Å². The number of hydrogen-bond acceptors (Lipinski definition) is 7. The number of nitrogens with two attached hydrogens (primary N) is 1. The third-order valence-electron chi connectivity index (χ3n) is 6.79. The number of amides is 1. The van der Waals surface area contributed by atoms with Crippen molar-refractivity contribution in [3.8, 4) is 0 Å². The molecular weight excluding hydrogens is 433 g/mol. The molecule has 1 aliphatic carbocycles. The molecule has 176 valence electrons. The molecule has 0 radical (unpaired) electrons. The number of rotatable bonds is 1. The van der Waals surface area contributed by atoms with Gasteiger partial charge in [0.05, 0.1) is 21.5 Å². The van der Waals surface area contributed by atoms with E-state index in [1.165, 1.54) is 12.1 Å². The summed E-state index contributed by atoms with van der Waals surface area (Å²) in [6.45, 7) is 11.0. The Labute approximate surface area is 188 Å². The zero-order chi connectivity index (χ0) is 23.7. The van der Waals surface area contributed by atoms with Gasteiger partial charge in [-0.1, -0.05) is 0 Å². The number of hydrogen-bond donors (Lipinski definition) is 2. The van der Waals surface area contributed by atoms with Crippen LogP contribution in [0.3, 0.4) is 0 Å². The second kappa shape index (κ2) is 6.88. The Kier molecular flexibility index (Phi) is 4.94. The number of nitrogens with zero attached hydrogens (tertiary/aromatic N) is 3. The van der Waals surface area contributed by atoms with Crippen molar-refractivity contribution in [2.24, 2.45) is 14.8 Å². The predicted molar refractivity (Wildman–Crippen MR) is 122 cm³/mol. The number of fused-ring (bicyclic) bond motifs is 1. The Morgan fingerprint density at radius 2 is 1.94 bits per heavy atom. The summed E-state index contributed by atoms with van der Waals surface area (Å²) >= 11 is 0. The number of alkyl carbamates (subject to hydrolysis) is 1. The van der Waals surface area contributed by atoms with Gasteiger partial charge >= 0.3 is 6.09 Å². The van der Waals surface area contributed by atoms with E-state index in [4.69, 9.17) is 19.8 Å². The molecule has 32 heavy (non-hydrogen) atoms.